The van der Waals surface area contributed by atoms with Crippen LogP contribution in [0, 0.1) is 3.57 Å². The van der Waals surface area contributed by atoms with Gasteiger partial charge in [0.2, 0.25) is 0 Å². The van der Waals surface area contributed by atoms with Gasteiger partial charge in [0, 0.05) is 19.2 Å². The molecule has 0 fully saturated rings. The summed E-state index contributed by atoms with van der Waals surface area (Å²) < 4.78 is 3.52. The molecule has 1 nitrogen and oxygen atoms in total. The van der Waals surface area contributed by atoms with Crippen molar-refractivity contribution in [3.05, 3.63) is 31.1 Å². The SMILES string of the molecule is OCc1c(Br)sc2c(I)cccc12. The monoisotopic (exact) mass is 368 g/mol. The lowest BCUT2D eigenvalue weighted by Gasteiger charge is -1.94. The van der Waals surface area contributed by atoms with Gasteiger partial charge in [-0.1, -0.05) is 12.1 Å². The van der Waals surface area contributed by atoms with E-state index >= 15 is 0 Å². The molecule has 0 aliphatic rings. The minimum absolute atomic E-state index is 0.0979. The summed E-state index contributed by atoms with van der Waals surface area (Å²) in [6.07, 6.45) is 0. The zero-order valence-corrected chi connectivity index (χ0v) is 11.1. The molecule has 1 aromatic heterocycles. The Morgan fingerprint density at radius 2 is 2.23 bits per heavy atom. The summed E-state index contributed by atoms with van der Waals surface area (Å²) in [5.74, 6) is 0. The number of hydrogen-bond acceptors (Lipinski definition) is 2. The number of thiophene rings is 1. The van der Waals surface area contributed by atoms with E-state index in [9.17, 15) is 5.11 Å². The van der Waals surface area contributed by atoms with E-state index in [0.717, 1.165) is 14.7 Å². The fourth-order valence-corrected chi connectivity index (χ4v) is 3.85. The van der Waals surface area contributed by atoms with E-state index in [4.69, 9.17) is 0 Å². The highest BCUT2D eigenvalue weighted by atomic mass is 127. The summed E-state index contributed by atoms with van der Waals surface area (Å²) in [7, 11) is 0. The molecule has 0 saturated heterocycles. The number of fused-ring (bicyclic) bond motifs is 1. The van der Waals surface area contributed by atoms with Gasteiger partial charge in [0.25, 0.3) is 0 Å². The molecule has 2 rings (SSSR count). The first-order chi connectivity index (χ1) is 6.24. The van der Waals surface area contributed by atoms with Crippen LogP contribution in [-0.2, 0) is 6.61 Å². The molecular formula is C9H6BrIOS. The van der Waals surface area contributed by atoms with Crippen LogP contribution >= 0.6 is 49.9 Å². The van der Waals surface area contributed by atoms with Gasteiger partial charge in [0.05, 0.1) is 10.4 Å². The van der Waals surface area contributed by atoms with Gasteiger partial charge in [0.1, 0.15) is 0 Å². The molecule has 0 aliphatic heterocycles. The zero-order chi connectivity index (χ0) is 9.42. The average molecular weight is 369 g/mol. The van der Waals surface area contributed by atoms with E-state index in [1.165, 1.54) is 8.27 Å². The number of hydrogen-bond donors (Lipinski definition) is 1. The van der Waals surface area contributed by atoms with Crippen LogP contribution in [0.1, 0.15) is 5.56 Å². The molecule has 0 amide bonds. The highest BCUT2D eigenvalue weighted by molar-refractivity contribution is 14.1. The van der Waals surface area contributed by atoms with Gasteiger partial charge in [-0.15, -0.1) is 11.3 Å². The maximum Gasteiger partial charge on any atom is 0.0766 e. The fourth-order valence-electron chi connectivity index (χ4n) is 1.25. The highest BCUT2D eigenvalue weighted by Crippen LogP contribution is 2.37. The Balaban J connectivity index is 2.86. The Hall–Kier alpha value is 0.350. The summed E-state index contributed by atoms with van der Waals surface area (Å²) in [6, 6.07) is 6.14. The molecule has 4 heteroatoms. The van der Waals surface area contributed by atoms with E-state index in [-0.39, 0.29) is 6.61 Å². The maximum absolute atomic E-state index is 9.17. The van der Waals surface area contributed by atoms with E-state index in [1.54, 1.807) is 11.3 Å². The van der Waals surface area contributed by atoms with Gasteiger partial charge in [0.15, 0.2) is 0 Å². The lowest BCUT2D eigenvalue weighted by molar-refractivity contribution is 0.283. The molecule has 0 saturated carbocycles. The Morgan fingerprint density at radius 3 is 2.92 bits per heavy atom. The molecule has 0 atom stereocenters. The van der Waals surface area contributed by atoms with Crippen molar-refractivity contribution in [2.45, 2.75) is 6.61 Å². The molecule has 1 heterocycles. The van der Waals surface area contributed by atoms with Gasteiger partial charge in [-0.25, -0.2) is 0 Å². The Kier molecular flexibility index (Phi) is 2.92. The number of aliphatic hydroxyl groups is 1. The normalized spacial score (nSPS) is 11.0. The molecule has 0 bridgehead atoms. The summed E-state index contributed by atoms with van der Waals surface area (Å²) in [5, 5.41) is 10.3. The fraction of sp³-hybridized carbons (Fsp3) is 0.111. The van der Waals surface area contributed by atoms with E-state index in [1.807, 2.05) is 12.1 Å². The van der Waals surface area contributed by atoms with Crippen LogP contribution in [0.4, 0.5) is 0 Å². The van der Waals surface area contributed by atoms with E-state index < -0.39 is 0 Å². The van der Waals surface area contributed by atoms with Gasteiger partial charge in [-0.3, -0.25) is 0 Å². The van der Waals surface area contributed by atoms with Crippen molar-refractivity contribution in [1.29, 1.82) is 0 Å². The third-order valence-electron chi connectivity index (χ3n) is 1.88. The predicted octanol–water partition coefficient (Wildman–Crippen LogP) is 3.76. The maximum atomic E-state index is 9.17. The van der Waals surface area contributed by atoms with Crippen molar-refractivity contribution in [2.75, 3.05) is 0 Å². The molecule has 0 aliphatic carbocycles. The third kappa shape index (κ3) is 1.65. The quantitative estimate of drug-likeness (QED) is 0.760. The zero-order valence-electron chi connectivity index (χ0n) is 6.55. The molecule has 0 spiro atoms. The lowest BCUT2D eigenvalue weighted by Crippen LogP contribution is -1.80. The largest absolute Gasteiger partial charge is 0.392 e. The standard InChI is InChI=1S/C9H6BrIOS/c10-9-6(4-12)5-2-1-3-7(11)8(5)13-9/h1-3,12H,4H2. The summed E-state index contributed by atoms with van der Waals surface area (Å²) in [6.45, 7) is 0.0979. The third-order valence-corrected chi connectivity index (χ3v) is 5.18. The second kappa shape index (κ2) is 3.84. The lowest BCUT2D eigenvalue weighted by atomic mass is 10.2. The first kappa shape index (κ1) is 9.89. The Morgan fingerprint density at radius 1 is 1.46 bits per heavy atom. The number of aliphatic hydroxyl groups excluding tert-OH is 1. The number of rotatable bonds is 1. The smallest absolute Gasteiger partial charge is 0.0766 e. The van der Waals surface area contributed by atoms with Crippen molar-refractivity contribution < 1.29 is 5.11 Å². The number of benzene rings is 1. The van der Waals surface area contributed by atoms with Crippen LogP contribution in [0.25, 0.3) is 10.1 Å². The van der Waals surface area contributed by atoms with Crippen molar-refractivity contribution in [1.82, 2.24) is 0 Å². The van der Waals surface area contributed by atoms with Crippen molar-refractivity contribution in [3.63, 3.8) is 0 Å². The first-order valence-electron chi connectivity index (χ1n) is 3.70. The van der Waals surface area contributed by atoms with Gasteiger partial charge >= 0.3 is 0 Å². The van der Waals surface area contributed by atoms with E-state index in [2.05, 4.69) is 44.6 Å². The van der Waals surface area contributed by atoms with E-state index in [0.29, 0.717) is 0 Å². The number of halogens is 2. The van der Waals surface area contributed by atoms with Crippen LogP contribution in [-0.4, -0.2) is 5.11 Å². The second-order valence-electron chi connectivity index (χ2n) is 2.63. The highest BCUT2D eigenvalue weighted by Gasteiger charge is 2.10. The Bertz CT molecular complexity index is 452. The topological polar surface area (TPSA) is 20.2 Å². The van der Waals surface area contributed by atoms with Crippen LogP contribution < -0.4 is 0 Å². The van der Waals surface area contributed by atoms with Gasteiger partial charge in [-0.05, 0) is 44.6 Å². The van der Waals surface area contributed by atoms with Crippen molar-refractivity contribution >= 4 is 59.9 Å². The van der Waals surface area contributed by atoms with Crippen molar-refractivity contribution in [3.8, 4) is 0 Å². The molecule has 1 aromatic carbocycles. The van der Waals surface area contributed by atoms with Crippen LogP contribution in [0.15, 0.2) is 22.0 Å². The minimum atomic E-state index is 0.0979. The summed E-state index contributed by atoms with van der Waals surface area (Å²) >= 11 is 7.45. The molecule has 0 unspecified atom stereocenters. The second-order valence-corrected chi connectivity index (χ2v) is 6.13. The van der Waals surface area contributed by atoms with Crippen LogP contribution in [0.2, 0.25) is 0 Å². The molecular weight excluding hydrogens is 363 g/mol. The van der Waals surface area contributed by atoms with Crippen LogP contribution in [0.5, 0.6) is 0 Å². The average Bonchev–Trinajstić information content (AvgIpc) is 2.43. The van der Waals surface area contributed by atoms with Crippen molar-refractivity contribution in [2.24, 2.45) is 0 Å². The molecule has 68 valence electrons. The Labute approximate surface area is 102 Å². The van der Waals surface area contributed by atoms with Gasteiger partial charge < -0.3 is 5.11 Å². The molecule has 0 radical (unpaired) electrons. The summed E-state index contributed by atoms with van der Waals surface area (Å²) in [4.78, 5) is 0. The first-order valence-corrected chi connectivity index (χ1v) is 6.39. The molecule has 2 aromatic rings. The minimum Gasteiger partial charge on any atom is -0.392 e. The van der Waals surface area contributed by atoms with Gasteiger partial charge in [-0.2, -0.15) is 0 Å². The molecule has 1 N–H and O–H groups in total. The summed E-state index contributed by atoms with van der Waals surface area (Å²) in [5.41, 5.74) is 0.999. The molecule has 13 heavy (non-hydrogen) atoms. The van der Waals surface area contributed by atoms with Crippen LogP contribution in [0.3, 0.4) is 0 Å². The predicted molar refractivity (Wildman–Crippen MR) is 68.2 cm³/mol.